The molecule has 0 bridgehead atoms. The van der Waals surface area contributed by atoms with Crippen LogP contribution in [0, 0.1) is 6.92 Å². The van der Waals surface area contributed by atoms with Gasteiger partial charge in [0.15, 0.2) is 0 Å². The molecule has 2 aromatic rings. The van der Waals surface area contributed by atoms with Gasteiger partial charge in [-0.05, 0) is 18.9 Å². The summed E-state index contributed by atoms with van der Waals surface area (Å²) in [5, 5.41) is 13.7. The normalized spacial score (nSPS) is 12.3. The molecule has 2 rings (SSSR count). The molecule has 0 aliphatic rings. The Morgan fingerprint density at radius 3 is 2.58 bits per heavy atom. The van der Waals surface area contributed by atoms with Gasteiger partial charge in [-0.2, -0.15) is 0 Å². The Hall–Kier alpha value is -1.42. The predicted molar refractivity (Wildman–Crippen MR) is 81.6 cm³/mol. The van der Waals surface area contributed by atoms with E-state index in [1.54, 1.807) is 11.3 Å². The standard InChI is InChI=1S/C15H21N3S/c1-3-4-6-11-14(13-9-7-5-8-10-13)16-15-18-17-12(2)19-15/h5,7-10,14H,3-4,6,11H2,1-2H3,(H,16,18). The quantitative estimate of drug-likeness (QED) is 0.752. The van der Waals surface area contributed by atoms with E-state index in [2.05, 4.69) is 52.8 Å². The molecule has 102 valence electrons. The zero-order chi connectivity index (χ0) is 13.5. The topological polar surface area (TPSA) is 37.8 Å². The summed E-state index contributed by atoms with van der Waals surface area (Å²) < 4.78 is 0. The average Bonchev–Trinajstić information content (AvgIpc) is 2.84. The maximum atomic E-state index is 4.17. The number of hydrogen-bond donors (Lipinski definition) is 1. The molecule has 1 heterocycles. The van der Waals surface area contributed by atoms with Gasteiger partial charge in [0.05, 0.1) is 6.04 Å². The van der Waals surface area contributed by atoms with Crippen LogP contribution in [0.15, 0.2) is 30.3 Å². The first kappa shape index (κ1) is 14.0. The Morgan fingerprint density at radius 2 is 1.95 bits per heavy atom. The predicted octanol–water partition coefficient (Wildman–Crippen LogP) is 4.58. The molecule has 1 aromatic carbocycles. The number of hydrogen-bond acceptors (Lipinski definition) is 4. The summed E-state index contributed by atoms with van der Waals surface area (Å²) in [6.07, 6.45) is 4.90. The van der Waals surface area contributed by atoms with Crippen molar-refractivity contribution in [1.82, 2.24) is 10.2 Å². The maximum Gasteiger partial charge on any atom is 0.206 e. The summed E-state index contributed by atoms with van der Waals surface area (Å²) in [7, 11) is 0. The number of aryl methyl sites for hydroxylation is 1. The molecule has 19 heavy (non-hydrogen) atoms. The lowest BCUT2D eigenvalue weighted by molar-refractivity contribution is 0.605. The number of anilines is 1. The van der Waals surface area contributed by atoms with Crippen LogP contribution >= 0.6 is 11.3 Å². The lowest BCUT2D eigenvalue weighted by Crippen LogP contribution is -2.10. The second-order valence-corrected chi connectivity index (χ2v) is 5.91. The van der Waals surface area contributed by atoms with Gasteiger partial charge in [0.25, 0.3) is 0 Å². The summed E-state index contributed by atoms with van der Waals surface area (Å²) in [5.74, 6) is 0. The highest BCUT2D eigenvalue weighted by atomic mass is 32.1. The molecule has 0 saturated carbocycles. The molecular formula is C15H21N3S. The lowest BCUT2D eigenvalue weighted by Gasteiger charge is -2.18. The number of benzene rings is 1. The Bertz CT molecular complexity index is 481. The largest absolute Gasteiger partial charge is 0.353 e. The molecule has 1 unspecified atom stereocenters. The summed E-state index contributed by atoms with van der Waals surface area (Å²) in [6, 6.07) is 10.9. The molecule has 0 fully saturated rings. The number of unbranched alkanes of at least 4 members (excludes halogenated alkanes) is 2. The first-order valence-electron chi connectivity index (χ1n) is 6.91. The summed E-state index contributed by atoms with van der Waals surface area (Å²) in [6.45, 7) is 4.22. The summed E-state index contributed by atoms with van der Waals surface area (Å²) in [5.41, 5.74) is 1.33. The molecule has 1 atom stereocenters. The third kappa shape index (κ3) is 4.31. The Balaban J connectivity index is 2.05. The van der Waals surface area contributed by atoms with Crippen molar-refractivity contribution in [3.05, 3.63) is 40.9 Å². The van der Waals surface area contributed by atoms with Crippen molar-refractivity contribution in [3.63, 3.8) is 0 Å². The van der Waals surface area contributed by atoms with E-state index in [-0.39, 0.29) is 0 Å². The minimum atomic E-state index is 0.333. The van der Waals surface area contributed by atoms with Crippen LogP contribution in [0.2, 0.25) is 0 Å². The summed E-state index contributed by atoms with van der Waals surface area (Å²) in [4.78, 5) is 0. The fourth-order valence-electron chi connectivity index (χ4n) is 2.11. The van der Waals surface area contributed by atoms with Gasteiger partial charge in [-0.3, -0.25) is 0 Å². The zero-order valence-corrected chi connectivity index (χ0v) is 12.4. The van der Waals surface area contributed by atoms with E-state index in [0.29, 0.717) is 6.04 Å². The van der Waals surface area contributed by atoms with E-state index in [0.717, 1.165) is 16.6 Å². The Labute approximate surface area is 119 Å². The number of nitrogens with zero attached hydrogens (tertiary/aromatic N) is 2. The minimum Gasteiger partial charge on any atom is -0.353 e. The van der Waals surface area contributed by atoms with Crippen LogP contribution in [0.5, 0.6) is 0 Å². The minimum absolute atomic E-state index is 0.333. The maximum absolute atomic E-state index is 4.17. The van der Waals surface area contributed by atoms with Gasteiger partial charge in [-0.15, -0.1) is 10.2 Å². The van der Waals surface area contributed by atoms with Crippen LogP contribution in [0.25, 0.3) is 0 Å². The number of nitrogens with one attached hydrogen (secondary N) is 1. The van der Waals surface area contributed by atoms with Crippen molar-refractivity contribution in [2.75, 3.05) is 5.32 Å². The van der Waals surface area contributed by atoms with Crippen LogP contribution in [0.3, 0.4) is 0 Å². The van der Waals surface area contributed by atoms with Gasteiger partial charge in [-0.1, -0.05) is 67.9 Å². The molecule has 1 aromatic heterocycles. The molecule has 1 N–H and O–H groups in total. The highest BCUT2D eigenvalue weighted by Gasteiger charge is 2.12. The molecule has 0 saturated heterocycles. The van der Waals surface area contributed by atoms with Gasteiger partial charge < -0.3 is 5.32 Å². The molecule has 4 heteroatoms. The first-order chi connectivity index (χ1) is 9.29. The monoisotopic (exact) mass is 275 g/mol. The fraction of sp³-hybridized carbons (Fsp3) is 0.467. The van der Waals surface area contributed by atoms with Crippen molar-refractivity contribution >= 4 is 16.5 Å². The number of aromatic nitrogens is 2. The van der Waals surface area contributed by atoms with Gasteiger partial charge in [-0.25, -0.2) is 0 Å². The van der Waals surface area contributed by atoms with E-state index in [1.807, 2.05) is 6.92 Å². The van der Waals surface area contributed by atoms with E-state index in [4.69, 9.17) is 0 Å². The lowest BCUT2D eigenvalue weighted by atomic mass is 10.0. The molecule has 0 radical (unpaired) electrons. The van der Waals surface area contributed by atoms with E-state index >= 15 is 0 Å². The molecule has 0 aliphatic heterocycles. The number of rotatable bonds is 7. The van der Waals surface area contributed by atoms with Crippen LogP contribution in [-0.4, -0.2) is 10.2 Å². The van der Waals surface area contributed by atoms with Gasteiger partial charge >= 0.3 is 0 Å². The SMILES string of the molecule is CCCCCC(Nc1nnc(C)s1)c1ccccc1. The van der Waals surface area contributed by atoms with Crippen molar-refractivity contribution in [2.24, 2.45) is 0 Å². The van der Waals surface area contributed by atoms with E-state index < -0.39 is 0 Å². The Morgan fingerprint density at radius 1 is 1.16 bits per heavy atom. The highest BCUT2D eigenvalue weighted by molar-refractivity contribution is 7.15. The van der Waals surface area contributed by atoms with Crippen LogP contribution in [0.4, 0.5) is 5.13 Å². The van der Waals surface area contributed by atoms with Gasteiger partial charge in [0, 0.05) is 0 Å². The molecule has 3 nitrogen and oxygen atoms in total. The zero-order valence-electron chi connectivity index (χ0n) is 11.6. The van der Waals surface area contributed by atoms with Crippen molar-refractivity contribution in [3.8, 4) is 0 Å². The summed E-state index contributed by atoms with van der Waals surface area (Å²) >= 11 is 1.62. The molecular weight excluding hydrogens is 254 g/mol. The Kier molecular flexibility index (Phi) is 5.33. The average molecular weight is 275 g/mol. The van der Waals surface area contributed by atoms with Crippen molar-refractivity contribution in [2.45, 2.75) is 45.6 Å². The smallest absolute Gasteiger partial charge is 0.206 e. The third-order valence-corrected chi connectivity index (χ3v) is 3.89. The second kappa shape index (κ2) is 7.24. The molecule has 0 aliphatic carbocycles. The van der Waals surface area contributed by atoms with E-state index in [1.165, 1.54) is 24.8 Å². The van der Waals surface area contributed by atoms with E-state index in [9.17, 15) is 0 Å². The molecule has 0 amide bonds. The molecule has 0 spiro atoms. The van der Waals surface area contributed by atoms with Gasteiger partial charge in [0.2, 0.25) is 5.13 Å². The van der Waals surface area contributed by atoms with Crippen LogP contribution < -0.4 is 5.32 Å². The van der Waals surface area contributed by atoms with Crippen LogP contribution in [-0.2, 0) is 0 Å². The van der Waals surface area contributed by atoms with Gasteiger partial charge in [0.1, 0.15) is 5.01 Å². The highest BCUT2D eigenvalue weighted by Crippen LogP contribution is 2.26. The van der Waals surface area contributed by atoms with Crippen LogP contribution in [0.1, 0.15) is 49.2 Å². The second-order valence-electron chi connectivity index (χ2n) is 4.73. The first-order valence-corrected chi connectivity index (χ1v) is 7.73. The van der Waals surface area contributed by atoms with Crippen molar-refractivity contribution < 1.29 is 0 Å². The van der Waals surface area contributed by atoms with Crippen molar-refractivity contribution in [1.29, 1.82) is 0 Å². The third-order valence-electron chi connectivity index (χ3n) is 3.12. The fourth-order valence-corrected chi connectivity index (χ4v) is 2.75.